The average molecular weight is 279 g/mol. The molecule has 0 radical (unpaired) electrons. The van der Waals surface area contributed by atoms with Crippen molar-refractivity contribution >= 4 is 23.2 Å². The van der Waals surface area contributed by atoms with Crippen LogP contribution in [0.25, 0.3) is 0 Å². The zero-order chi connectivity index (χ0) is 13.2. The third kappa shape index (κ3) is 4.36. The van der Waals surface area contributed by atoms with Gasteiger partial charge in [0.1, 0.15) is 12.6 Å². The molecule has 0 saturated carbocycles. The molecule has 0 heterocycles. The van der Waals surface area contributed by atoms with Crippen LogP contribution in [-0.2, 0) is 0 Å². The highest BCUT2D eigenvalue weighted by Gasteiger charge is 2.19. The lowest BCUT2D eigenvalue weighted by molar-refractivity contribution is -0.722. The maximum absolute atomic E-state index is 9.99. The number of nitrogens with two attached hydrogens (primary N) is 1. The first-order valence-corrected chi connectivity index (χ1v) is 6.16. The van der Waals surface area contributed by atoms with E-state index in [4.69, 9.17) is 23.2 Å². The van der Waals surface area contributed by atoms with Gasteiger partial charge in [0.15, 0.2) is 5.75 Å². The zero-order valence-electron chi connectivity index (χ0n) is 10.2. The summed E-state index contributed by atoms with van der Waals surface area (Å²) in [5.41, 5.74) is 0.657. The zero-order valence-corrected chi connectivity index (χ0v) is 11.7. The minimum Gasteiger partial charge on any atom is -0.505 e. The number of quaternary nitrogens is 1. The van der Waals surface area contributed by atoms with E-state index >= 15 is 0 Å². The van der Waals surface area contributed by atoms with E-state index in [-0.39, 0.29) is 21.3 Å². The van der Waals surface area contributed by atoms with Gasteiger partial charge in [0, 0.05) is 0 Å². The van der Waals surface area contributed by atoms with Gasteiger partial charge in [-0.05, 0) is 38.5 Å². The highest BCUT2D eigenvalue weighted by molar-refractivity contribution is 6.37. The fraction of sp³-hybridized carbons (Fsp3) is 0.500. The van der Waals surface area contributed by atoms with Crippen LogP contribution in [0.5, 0.6) is 5.75 Å². The van der Waals surface area contributed by atoms with Crippen LogP contribution >= 0.6 is 23.2 Å². The lowest BCUT2D eigenvalue weighted by Crippen LogP contribution is -2.95. The van der Waals surface area contributed by atoms with Crippen LogP contribution in [0, 0.1) is 0 Å². The number of hydrogen-bond acceptors (Lipinski definition) is 2. The van der Waals surface area contributed by atoms with Crippen LogP contribution in [0.2, 0.25) is 10.0 Å². The molecular weight excluding hydrogens is 261 g/mol. The summed E-state index contributed by atoms with van der Waals surface area (Å²) in [4.78, 5) is 0. The Morgan fingerprint density at radius 1 is 1.24 bits per heavy atom. The predicted molar refractivity (Wildman–Crippen MR) is 69.6 cm³/mol. The Morgan fingerprint density at radius 3 is 2.12 bits per heavy atom. The summed E-state index contributed by atoms with van der Waals surface area (Å²) in [6, 6.07) is 3.06. The minimum absolute atomic E-state index is 0.0471. The van der Waals surface area contributed by atoms with Crippen LogP contribution < -0.4 is 5.32 Å². The Labute approximate surface area is 111 Å². The Morgan fingerprint density at radius 2 is 1.71 bits per heavy atom. The molecule has 0 spiro atoms. The van der Waals surface area contributed by atoms with E-state index in [9.17, 15) is 10.2 Å². The van der Waals surface area contributed by atoms with Gasteiger partial charge in [0.2, 0.25) is 0 Å². The number of aliphatic hydroxyl groups is 1. The number of aromatic hydroxyl groups is 1. The lowest BCUT2D eigenvalue weighted by Gasteiger charge is -2.20. The van der Waals surface area contributed by atoms with E-state index in [1.807, 2.05) is 5.32 Å². The molecule has 4 N–H and O–H groups in total. The second kappa shape index (κ2) is 5.44. The van der Waals surface area contributed by atoms with E-state index in [2.05, 4.69) is 20.8 Å². The SMILES string of the molecule is CC(C)(C)[NH2+]CC(O)c1cc(Cl)c(O)c(Cl)c1. The Bertz CT molecular complexity index is 379. The third-order valence-corrected chi connectivity index (χ3v) is 2.95. The molecular formula is C12H18Cl2NO2+. The Balaban J connectivity index is 2.79. The van der Waals surface area contributed by atoms with E-state index in [1.165, 1.54) is 12.1 Å². The smallest absolute Gasteiger partial charge is 0.152 e. The molecule has 0 amide bonds. The molecule has 1 rings (SSSR count). The van der Waals surface area contributed by atoms with E-state index in [0.29, 0.717) is 12.1 Å². The van der Waals surface area contributed by atoms with Gasteiger partial charge in [-0.2, -0.15) is 0 Å². The summed E-state index contributed by atoms with van der Waals surface area (Å²) in [5, 5.41) is 21.8. The number of aliphatic hydroxyl groups excluding tert-OH is 1. The van der Waals surface area contributed by atoms with Crippen molar-refractivity contribution in [1.29, 1.82) is 0 Å². The molecule has 0 aromatic heterocycles. The van der Waals surface area contributed by atoms with Crippen LogP contribution in [0.4, 0.5) is 0 Å². The number of phenols is 1. The second-order valence-corrected chi connectivity index (χ2v) is 5.97. The van der Waals surface area contributed by atoms with Crippen molar-refractivity contribution in [1.82, 2.24) is 0 Å². The molecule has 0 aliphatic heterocycles. The lowest BCUT2D eigenvalue weighted by atomic mass is 10.1. The van der Waals surface area contributed by atoms with Gasteiger partial charge in [-0.1, -0.05) is 23.2 Å². The third-order valence-electron chi connectivity index (χ3n) is 2.38. The van der Waals surface area contributed by atoms with Gasteiger partial charge < -0.3 is 15.5 Å². The molecule has 0 aliphatic carbocycles. The van der Waals surface area contributed by atoms with Gasteiger partial charge in [0.05, 0.1) is 15.6 Å². The molecule has 0 saturated heterocycles. The molecule has 1 aromatic rings. The normalized spacial score (nSPS) is 13.8. The molecule has 1 aromatic carbocycles. The van der Waals surface area contributed by atoms with Crippen molar-refractivity contribution in [2.75, 3.05) is 6.54 Å². The second-order valence-electron chi connectivity index (χ2n) is 5.15. The summed E-state index contributed by atoms with van der Waals surface area (Å²) in [5.74, 6) is -0.149. The van der Waals surface area contributed by atoms with Gasteiger partial charge in [-0.25, -0.2) is 0 Å². The molecule has 0 bridgehead atoms. The van der Waals surface area contributed by atoms with Gasteiger partial charge in [-0.3, -0.25) is 0 Å². The fourth-order valence-corrected chi connectivity index (χ4v) is 1.88. The monoisotopic (exact) mass is 278 g/mol. The molecule has 0 fully saturated rings. The van der Waals surface area contributed by atoms with Gasteiger partial charge >= 0.3 is 0 Å². The van der Waals surface area contributed by atoms with Crippen LogP contribution in [0.3, 0.4) is 0 Å². The summed E-state index contributed by atoms with van der Waals surface area (Å²) >= 11 is 11.6. The maximum atomic E-state index is 9.99. The molecule has 1 unspecified atom stereocenters. The number of hydrogen-bond donors (Lipinski definition) is 3. The molecule has 5 heteroatoms. The molecule has 0 aliphatic rings. The van der Waals surface area contributed by atoms with Crippen LogP contribution in [-0.4, -0.2) is 22.3 Å². The first-order valence-electron chi connectivity index (χ1n) is 5.41. The van der Waals surface area contributed by atoms with Crippen LogP contribution in [0.1, 0.15) is 32.4 Å². The topological polar surface area (TPSA) is 57.1 Å². The van der Waals surface area contributed by atoms with Crippen molar-refractivity contribution in [2.24, 2.45) is 0 Å². The van der Waals surface area contributed by atoms with Crippen molar-refractivity contribution in [3.05, 3.63) is 27.7 Å². The van der Waals surface area contributed by atoms with Gasteiger partial charge in [0.25, 0.3) is 0 Å². The van der Waals surface area contributed by atoms with Crippen LogP contribution in [0.15, 0.2) is 12.1 Å². The number of benzene rings is 1. The Hall–Kier alpha value is -0.480. The van der Waals surface area contributed by atoms with Crippen molar-refractivity contribution < 1.29 is 15.5 Å². The summed E-state index contributed by atoms with van der Waals surface area (Å²) in [6.07, 6.45) is -0.662. The first-order chi connectivity index (χ1) is 7.70. The quantitative estimate of drug-likeness (QED) is 0.793. The summed E-state index contributed by atoms with van der Waals surface area (Å²) in [7, 11) is 0. The standard InChI is InChI=1S/C12H17Cl2NO2/c1-12(2,3)15-6-10(16)7-4-8(13)11(17)9(14)5-7/h4-5,10,15-17H,6H2,1-3H3/p+1. The number of rotatable bonds is 3. The fourth-order valence-electron chi connectivity index (χ4n) is 1.38. The highest BCUT2D eigenvalue weighted by atomic mass is 35.5. The first kappa shape index (κ1) is 14.6. The summed E-state index contributed by atoms with van der Waals surface area (Å²) in [6.45, 7) is 6.71. The maximum Gasteiger partial charge on any atom is 0.152 e. The summed E-state index contributed by atoms with van der Waals surface area (Å²) < 4.78 is 0. The Kier molecular flexibility index (Phi) is 4.67. The number of phenolic OH excluding ortho intramolecular Hbond substituents is 1. The average Bonchev–Trinajstić information content (AvgIpc) is 2.20. The van der Waals surface area contributed by atoms with Gasteiger partial charge in [-0.15, -0.1) is 0 Å². The van der Waals surface area contributed by atoms with E-state index < -0.39 is 6.10 Å². The van der Waals surface area contributed by atoms with E-state index in [0.717, 1.165) is 0 Å². The molecule has 3 nitrogen and oxygen atoms in total. The van der Waals surface area contributed by atoms with Crippen molar-refractivity contribution in [2.45, 2.75) is 32.4 Å². The van der Waals surface area contributed by atoms with Crippen molar-refractivity contribution in [3.8, 4) is 5.75 Å². The van der Waals surface area contributed by atoms with E-state index in [1.54, 1.807) is 0 Å². The predicted octanol–water partition coefficient (Wildman–Crippen LogP) is 2.09. The minimum atomic E-state index is -0.662. The molecule has 17 heavy (non-hydrogen) atoms. The molecule has 96 valence electrons. The molecule has 1 atom stereocenters. The number of halogens is 2. The van der Waals surface area contributed by atoms with Crippen molar-refractivity contribution in [3.63, 3.8) is 0 Å². The largest absolute Gasteiger partial charge is 0.505 e. The highest BCUT2D eigenvalue weighted by Crippen LogP contribution is 2.34.